The first-order valence-corrected chi connectivity index (χ1v) is 9.42. The van der Waals surface area contributed by atoms with Gasteiger partial charge in [-0.15, -0.1) is 11.3 Å². The molecular weight excluding hydrogens is 380 g/mol. The molecule has 2 rings (SSSR count). The Morgan fingerprint density at radius 3 is 2.36 bits per heavy atom. The van der Waals surface area contributed by atoms with Crippen LogP contribution in [-0.4, -0.2) is 29.7 Å². The highest BCUT2D eigenvalue weighted by Gasteiger charge is 2.25. The van der Waals surface area contributed by atoms with Crippen LogP contribution in [0, 0.1) is 13.8 Å². The number of ether oxygens (including phenoxy) is 1. The summed E-state index contributed by atoms with van der Waals surface area (Å²) in [4.78, 5) is 48.7. The molecule has 148 valence electrons. The summed E-state index contributed by atoms with van der Waals surface area (Å²) >= 11 is 1.27. The molecule has 2 aromatic rings. The Morgan fingerprint density at radius 1 is 1.07 bits per heavy atom. The van der Waals surface area contributed by atoms with E-state index in [4.69, 9.17) is 4.74 Å². The van der Waals surface area contributed by atoms with E-state index >= 15 is 0 Å². The van der Waals surface area contributed by atoms with Gasteiger partial charge >= 0.3 is 5.97 Å². The predicted molar refractivity (Wildman–Crippen MR) is 108 cm³/mol. The lowest BCUT2D eigenvalue weighted by Gasteiger charge is -2.14. The molecule has 0 aliphatic carbocycles. The second-order valence-electron chi connectivity index (χ2n) is 6.34. The van der Waals surface area contributed by atoms with E-state index in [1.165, 1.54) is 32.1 Å². The fraction of sp³-hybridized carbons (Fsp3) is 0.300. The minimum absolute atomic E-state index is 0.121. The van der Waals surface area contributed by atoms with Crippen molar-refractivity contribution in [3.05, 3.63) is 45.8 Å². The van der Waals surface area contributed by atoms with Gasteiger partial charge < -0.3 is 15.4 Å². The average Bonchev–Trinajstić information content (AvgIpc) is 2.88. The number of carbonyl (C=O) groups is 4. The fourth-order valence-corrected chi connectivity index (χ4v) is 3.55. The minimum Gasteiger partial charge on any atom is -0.449 e. The van der Waals surface area contributed by atoms with Crippen LogP contribution in [0.2, 0.25) is 0 Å². The van der Waals surface area contributed by atoms with Crippen LogP contribution in [0.25, 0.3) is 0 Å². The van der Waals surface area contributed by atoms with Gasteiger partial charge in [-0.05, 0) is 45.4 Å². The van der Waals surface area contributed by atoms with Crippen molar-refractivity contribution in [1.82, 2.24) is 0 Å². The lowest BCUT2D eigenvalue weighted by atomic mass is 10.1. The number of hydrogen-bond donors (Lipinski definition) is 2. The summed E-state index contributed by atoms with van der Waals surface area (Å²) < 4.78 is 5.30. The van der Waals surface area contributed by atoms with Crippen molar-refractivity contribution in [1.29, 1.82) is 0 Å². The van der Waals surface area contributed by atoms with Gasteiger partial charge in [-0.2, -0.15) is 0 Å². The summed E-state index contributed by atoms with van der Waals surface area (Å²) in [6.45, 7) is 7.83. The van der Waals surface area contributed by atoms with E-state index < -0.39 is 18.0 Å². The summed E-state index contributed by atoms with van der Waals surface area (Å²) in [7, 11) is 0. The van der Waals surface area contributed by atoms with Crippen LogP contribution < -0.4 is 10.6 Å². The Balaban J connectivity index is 2.12. The smallest absolute Gasteiger partial charge is 0.342 e. The summed E-state index contributed by atoms with van der Waals surface area (Å²) in [5.74, 6) is -1.64. The number of anilines is 2. The molecule has 8 heteroatoms. The highest BCUT2D eigenvalue weighted by Crippen LogP contribution is 2.33. The van der Waals surface area contributed by atoms with Crippen molar-refractivity contribution in [2.24, 2.45) is 0 Å². The molecule has 0 spiro atoms. The van der Waals surface area contributed by atoms with Gasteiger partial charge in [0.05, 0.1) is 5.56 Å². The van der Waals surface area contributed by atoms with Gasteiger partial charge in [0, 0.05) is 23.1 Å². The lowest BCUT2D eigenvalue weighted by Crippen LogP contribution is -2.30. The van der Waals surface area contributed by atoms with E-state index in [1.54, 1.807) is 31.2 Å². The van der Waals surface area contributed by atoms with Crippen LogP contribution in [0.15, 0.2) is 24.3 Å². The average molecular weight is 402 g/mol. The Bertz CT molecular complexity index is 948. The molecule has 2 amide bonds. The van der Waals surface area contributed by atoms with Crippen molar-refractivity contribution < 1.29 is 23.9 Å². The van der Waals surface area contributed by atoms with Crippen molar-refractivity contribution in [3.63, 3.8) is 0 Å². The first-order chi connectivity index (χ1) is 13.1. The molecule has 0 aliphatic rings. The third kappa shape index (κ3) is 5.04. The molecule has 0 radical (unpaired) electrons. The van der Waals surface area contributed by atoms with Crippen LogP contribution in [0.3, 0.4) is 0 Å². The van der Waals surface area contributed by atoms with Crippen LogP contribution in [0.1, 0.15) is 51.9 Å². The largest absolute Gasteiger partial charge is 0.449 e. The maximum absolute atomic E-state index is 12.6. The SMILES string of the molecule is CC(=O)Nc1sc(C)c(C)c1C(=O)O[C@H](C)C(=O)Nc1cccc(C(C)=O)c1. The van der Waals surface area contributed by atoms with Gasteiger partial charge in [-0.3, -0.25) is 14.4 Å². The quantitative estimate of drug-likeness (QED) is 0.566. The van der Waals surface area contributed by atoms with E-state index in [-0.39, 0.29) is 17.3 Å². The summed E-state index contributed by atoms with van der Waals surface area (Å²) in [5, 5.41) is 5.64. The van der Waals surface area contributed by atoms with Crippen molar-refractivity contribution in [2.75, 3.05) is 10.6 Å². The van der Waals surface area contributed by atoms with Gasteiger partial charge in [-0.25, -0.2) is 4.79 Å². The number of benzene rings is 1. The number of thiophene rings is 1. The number of hydrogen-bond acceptors (Lipinski definition) is 6. The zero-order valence-corrected chi connectivity index (χ0v) is 17.2. The number of aryl methyl sites for hydroxylation is 1. The molecule has 1 heterocycles. The van der Waals surface area contributed by atoms with E-state index in [1.807, 2.05) is 6.92 Å². The van der Waals surface area contributed by atoms with E-state index in [2.05, 4.69) is 10.6 Å². The topological polar surface area (TPSA) is 102 Å². The molecule has 28 heavy (non-hydrogen) atoms. The van der Waals surface area contributed by atoms with Crippen LogP contribution in [0.5, 0.6) is 0 Å². The molecular formula is C20H22N2O5S. The van der Waals surface area contributed by atoms with Crippen LogP contribution in [0.4, 0.5) is 10.7 Å². The highest BCUT2D eigenvalue weighted by molar-refractivity contribution is 7.16. The van der Waals surface area contributed by atoms with Gasteiger partial charge in [0.2, 0.25) is 5.91 Å². The fourth-order valence-electron chi connectivity index (χ4n) is 2.45. The minimum atomic E-state index is -1.07. The van der Waals surface area contributed by atoms with Crippen LogP contribution in [-0.2, 0) is 14.3 Å². The number of amides is 2. The van der Waals surface area contributed by atoms with Crippen LogP contribution >= 0.6 is 11.3 Å². The molecule has 0 fully saturated rings. The Hall–Kier alpha value is -3.00. The molecule has 1 aromatic heterocycles. The van der Waals surface area contributed by atoms with E-state index in [0.717, 1.165) is 4.88 Å². The monoisotopic (exact) mass is 402 g/mol. The maximum Gasteiger partial charge on any atom is 0.342 e. The molecule has 0 unspecified atom stereocenters. The Kier molecular flexibility index (Phi) is 6.69. The van der Waals surface area contributed by atoms with E-state index in [0.29, 0.717) is 21.8 Å². The standard InChI is InChI=1S/C20H22N2O5S/c1-10-13(4)28-19(21-14(5)24)17(10)20(26)27-12(3)18(25)22-16-8-6-7-15(9-16)11(2)23/h6-9,12H,1-5H3,(H,21,24)(H,22,25)/t12-/m1/s1. The molecule has 0 saturated carbocycles. The maximum atomic E-state index is 12.6. The van der Waals surface area contributed by atoms with Crippen molar-refractivity contribution in [3.8, 4) is 0 Å². The zero-order valence-electron chi connectivity index (χ0n) is 16.3. The molecule has 2 N–H and O–H groups in total. The normalized spacial score (nSPS) is 11.5. The number of rotatable bonds is 6. The molecule has 0 saturated heterocycles. The van der Waals surface area contributed by atoms with Gasteiger partial charge in [0.15, 0.2) is 11.9 Å². The van der Waals surface area contributed by atoms with E-state index in [9.17, 15) is 19.2 Å². The summed E-state index contributed by atoms with van der Waals surface area (Å²) in [5.41, 5.74) is 1.84. The number of esters is 1. The Labute approximate surface area is 167 Å². The summed E-state index contributed by atoms with van der Waals surface area (Å²) in [6, 6.07) is 6.49. The van der Waals surface area contributed by atoms with Crippen molar-refractivity contribution >= 4 is 45.6 Å². The highest BCUT2D eigenvalue weighted by atomic mass is 32.1. The molecule has 0 bridgehead atoms. The number of ketones is 1. The van der Waals surface area contributed by atoms with Gasteiger partial charge in [0.25, 0.3) is 5.91 Å². The first-order valence-electron chi connectivity index (χ1n) is 8.60. The second kappa shape index (κ2) is 8.79. The second-order valence-corrected chi connectivity index (χ2v) is 7.57. The third-order valence-electron chi connectivity index (χ3n) is 4.07. The number of carbonyl (C=O) groups excluding carboxylic acids is 4. The lowest BCUT2D eigenvalue weighted by molar-refractivity contribution is -0.123. The van der Waals surface area contributed by atoms with Crippen molar-refractivity contribution in [2.45, 2.75) is 40.7 Å². The summed E-state index contributed by atoms with van der Waals surface area (Å²) in [6.07, 6.45) is -1.07. The number of Topliss-reactive ketones (excluding diaryl/α,β-unsaturated/α-hetero) is 1. The van der Waals surface area contributed by atoms with Gasteiger partial charge in [0.1, 0.15) is 5.00 Å². The molecule has 0 aliphatic heterocycles. The molecule has 1 aromatic carbocycles. The first kappa shape index (κ1) is 21.3. The third-order valence-corrected chi connectivity index (χ3v) is 5.19. The van der Waals surface area contributed by atoms with Gasteiger partial charge in [-0.1, -0.05) is 12.1 Å². The number of nitrogens with one attached hydrogen (secondary N) is 2. The molecule has 7 nitrogen and oxygen atoms in total. The molecule has 1 atom stereocenters. The predicted octanol–water partition coefficient (Wildman–Crippen LogP) is 3.71. The Morgan fingerprint density at radius 2 is 1.75 bits per heavy atom. The zero-order chi connectivity index (χ0) is 21.0.